The zero-order valence-corrected chi connectivity index (χ0v) is 25.9. The van der Waals surface area contributed by atoms with E-state index in [9.17, 15) is 20.0 Å². The summed E-state index contributed by atoms with van der Waals surface area (Å²) in [6.07, 6.45) is 11.9. The molecule has 2 aromatic carbocycles. The number of amides is 1. The summed E-state index contributed by atoms with van der Waals surface area (Å²) < 4.78 is 0. The van der Waals surface area contributed by atoms with Crippen LogP contribution in [-0.4, -0.2) is 28.2 Å². The second-order valence-corrected chi connectivity index (χ2v) is 10.7. The summed E-state index contributed by atoms with van der Waals surface area (Å²) in [4.78, 5) is 24.6. The van der Waals surface area contributed by atoms with Crippen LogP contribution in [0.15, 0.2) is 53.4 Å². The maximum Gasteiger partial charge on any atom is 1.00 e. The Labute approximate surface area is 255 Å². The molecule has 0 fully saturated rings. The van der Waals surface area contributed by atoms with Crippen LogP contribution >= 0.6 is 11.8 Å². The zero-order valence-electron chi connectivity index (χ0n) is 24.1. The van der Waals surface area contributed by atoms with Crippen LogP contribution in [0.3, 0.4) is 0 Å². The molecule has 2 unspecified atom stereocenters. The van der Waals surface area contributed by atoms with E-state index >= 15 is 0 Å². The van der Waals surface area contributed by atoms with E-state index in [4.69, 9.17) is 5.11 Å². The number of nitrogens with zero attached hydrogens (tertiary/aromatic N) is 2. The van der Waals surface area contributed by atoms with E-state index in [1.54, 1.807) is 18.2 Å². The third kappa shape index (κ3) is 12.4. The van der Waals surface area contributed by atoms with Crippen LogP contribution in [0.1, 0.15) is 95.9 Å². The minimum atomic E-state index is -0.875. The van der Waals surface area contributed by atoms with E-state index in [2.05, 4.69) is 31.2 Å². The van der Waals surface area contributed by atoms with Crippen molar-refractivity contribution in [3.05, 3.63) is 59.7 Å². The van der Waals surface area contributed by atoms with Gasteiger partial charge in [-0.15, -0.1) is 11.8 Å². The maximum atomic E-state index is 11.8. The monoisotopic (exact) mass is 548 g/mol. The summed E-state index contributed by atoms with van der Waals surface area (Å²) >= 11 is 1.45. The number of rotatable bonds is 17. The Bertz CT molecular complexity index is 1030. The van der Waals surface area contributed by atoms with Crippen LogP contribution in [0.5, 0.6) is 0 Å². The van der Waals surface area contributed by atoms with E-state index in [-0.39, 0.29) is 48.6 Å². The molecule has 0 aliphatic heterocycles. The number of hydrogen-bond donors (Lipinski definition) is 2. The molecule has 6 nitrogen and oxygen atoms in total. The third-order valence-electron chi connectivity index (χ3n) is 6.37. The Kier molecular flexibility index (Phi) is 17.3. The predicted molar refractivity (Wildman–Crippen MR) is 151 cm³/mol. The Hall–Kier alpha value is -1.82. The topological polar surface area (TPSA) is 102 Å². The first kappa shape index (κ1) is 34.2. The van der Waals surface area contributed by atoms with E-state index in [1.807, 2.05) is 12.3 Å². The Morgan fingerprint density at radius 1 is 1.03 bits per heavy atom. The second-order valence-electron chi connectivity index (χ2n) is 9.46. The van der Waals surface area contributed by atoms with Crippen molar-refractivity contribution < 1.29 is 50.8 Å². The van der Waals surface area contributed by atoms with Gasteiger partial charge in [-0.3, -0.25) is 9.59 Å². The van der Waals surface area contributed by atoms with Gasteiger partial charge in [-0.05, 0) is 55.0 Å². The Balaban J connectivity index is 0.00000722. The Morgan fingerprint density at radius 2 is 1.68 bits per heavy atom. The fourth-order valence-corrected chi connectivity index (χ4v) is 5.52. The SMILES string of the molecule is CCCCCCCCCc1ccc(C(Sc2cccc(N(C#N)C(C)=O)c2)C(O)CCCC(=O)O)cc1.[H-].[Na+]. The third-order valence-corrected chi connectivity index (χ3v) is 7.74. The predicted octanol–water partition coefficient (Wildman–Crippen LogP) is 4.38. The molecule has 2 aromatic rings. The number of carboxylic acid groups (broad SMARTS) is 1. The quantitative estimate of drug-likeness (QED) is 0.100. The number of hydrogen-bond acceptors (Lipinski definition) is 5. The van der Waals surface area contributed by atoms with Crippen LogP contribution in [-0.2, 0) is 16.0 Å². The van der Waals surface area contributed by atoms with Gasteiger partial charge in [0, 0.05) is 18.2 Å². The van der Waals surface area contributed by atoms with Gasteiger partial charge in [0.25, 0.3) is 0 Å². The number of aliphatic hydroxyl groups excluding tert-OH is 1. The molecule has 202 valence electrons. The Morgan fingerprint density at radius 3 is 2.29 bits per heavy atom. The number of carboxylic acids is 1. The average molecular weight is 549 g/mol. The molecule has 0 spiro atoms. The molecule has 2 rings (SSSR count). The normalized spacial score (nSPS) is 12.2. The number of carbonyl (C=O) groups excluding carboxylic acids is 1. The van der Waals surface area contributed by atoms with Gasteiger partial charge >= 0.3 is 35.5 Å². The molecule has 2 atom stereocenters. The number of aliphatic carboxylic acids is 1. The summed E-state index contributed by atoms with van der Waals surface area (Å²) in [7, 11) is 0. The molecule has 8 heteroatoms. The van der Waals surface area contributed by atoms with Crippen molar-refractivity contribution in [2.75, 3.05) is 4.90 Å². The number of carbonyl (C=O) groups is 2. The first-order valence-corrected chi connectivity index (χ1v) is 14.2. The van der Waals surface area contributed by atoms with Gasteiger partial charge in [0.05, 0.1) is 17.0 Å². The molecule has 2 N–H and O–H groups in total. The van der Waals surface area contributed by atoms with Crippen molar-refractivity contribution in [2.45, 2.75) is 101 Å². The molecule has 1 amide bonds. The van der Waals surface area contributed by atoms with Crippen LogP contribution in [0.4, 0.5) is 5.69 Å². The van der Waals surface area contributed by atoms with E-state index in [0.29, 0.717) is 18.5 Å². The van der Waals surface area contributed by atoms with Crippen LogP contribution < -0.4 is 34.5 Å². The standard InChI is InChI=1S/C30H40N2O4S.Na.H/c1-3-4-5-6-7-8-9-12-24-17-19-25(20-18-24)30(28(34)15-11-16-29(35)36)37-27-14-10-13-26(21-27)32(22-31)23(2)33;;/h10,13-14,17-21,28,30,34H,3-9,11-12,15-16H2,1-2H3,(H,35,36);;/q;+1;-1. The smallest absolute Gasteiger partial charge is 1.00 e. The maximum absolute atomic E-state index is 11.8. The van der Waals surface area contributed by atoms with Crippen molar-refractivity contribution in [3.8, 4) is 6.19 Å². The van der Waals surface area contributed by atoms with Gasteiger partial charge in [-0.1, -0.05) is 75.8 Å². The summed E-state index contributed by atoms with van der Waals surface area (Å²) in [5, 5.41) is 29.1. The van der Waals surface area contributed by atoms with Crippen molar-refractivity contribution in [1.29, 1.82) is 5.26 Å². The van der Waals surface area contributed by atoms with Crippen molar-refractivity contribution in [1.82, 2.24) is 0 Å². The number of aliphatic hydroxyl groups is 1. The number of aryl methyl sites for hydroxylation is 1. The van der Waals surface area contributed by atoms with Crippen LogP contribution in [0, 0.1) is 11.5 Å². The van der Waals surface area contributed by atoms with E-state index in [1.165, 1.54) is 69.2 Å². The average Bonchev–Trinajstić information content (AvgIpc) is 2.87. The fourth-order valence-electron chi connectivity index (χ4n) is 4.30. The molecule has 0 radical (unpaired) electrons. The van der Waals surface area contributed by atoms with Gasteiger partial charge in [0.15, 0.2) is 6.19 Å². The molecule has 0 heterocycles. The molecule has 0 saturated carbocycles. The first-order chi connectivity index (χ1) is 17.8. The minimum Gasteiger partial charge on any atom is -1.00 e. The second kappa shape index (κ2) is 19.3. The van der Waals surface area contributed by atoms with Crippen molar-refractivity contribution in [3.63, 3.8) is 0 Å². The van der Waals surface area contributed by atoms with Crippen LogP contribution in [0.25, 0.3) is 0 Å². The molecular formula is C30H41N2NaO4S. The summed E-state index contributed by atoms with van der Waals surface area (Å²) in [5.41, 5.74) is 2.71. The van der Waals surface area contributed by atoms with Gasteiger partial charge in [-0.25, -0.2) is 4.90 Å². The zero-order chi connectivity index (χ0) is 27.0. The molecule has 0 bridgehead atoms. The van der Waals surface area contributed by atoms with Crippen molar-refractivity contribution in [2.24, 2.45) is 0 Å². The number of benzene rings is 2. The summed E-state index contributed by atoms with van der Waals surface area (Å²) in [6.45, 7) is 3.57. The summed E-state index contributed by atoms with van der Waals surface area (Å²) in [6, 6.07) is 15.5. The van der Waals surface area contributed by atoms with E-state index in [0.717, 1.165) is 21.8 Å². The van der Waals surface area contributed by atoms with Gasteiger partial charge in [-0.2, -0.15) is 5.26 Å². The van der Waals surface area contributed by atoms with E-state index < -0.39 is 12.1 Å². The number of anilines is 1. The number of unbranched alkanes of at least 4 members (excludes halogenated alkanes) is 6. The molecular weight excluding hydrogens is 507 g/mol. The molecule has 38 heavy (non-hydrogen) atoms. The molecule has 0 aromatic heterocycles. The molecule has 0 saturated heterocycles. The largest absolute Gasteiger partial charge is 1.00 e. The van der Waals surface area contributed by atoms with Gasteiger partial charge in [0.2, 0.25) is 5.91 Å². The van der Waals surface area contributed by atoms with Gasteiger partial charge in [0.1, 0.15) is 0 Å². The first-order valence-electron chi connectivity index (χ1n) is 13.3. The molecule has 0 aliphatic rings. The minimum absolute atomic E-state index is 0. The summed E-state index contributed by atoms with van der Waals surface area (Å²) in [5.74, 6) is -1.24. The molecule has 0 aliphatic carbocycles. The number of nitriles is 1. The number of thioether (sulfide) groups is 1. The van der Waals surface area contributed by atoms with Crippen LogP contribution in [0.2, 0.25) is 0 Å². The fraction of sp³-hybridized carbons (Fsp3) is 0.500. The van der Waals surface area contributed by atoms with Gasteiger partial charge < -0.3 is 11.6 Å². The van der Waals surface area contributed by atoms with Crippen molar-refractivity contribution >= 4 is 29.3 Å².